The van der Waals surface area contributed by atoms with Gasteiger partial charge in [0.05, 0.1) is 17.8 Å². The van der Waals surface area contributed by atoms with Crippen LogP contribution in [-0.2, 0) is 4.79 Å². The minimum atomic E-state index is -0.964. The van der Waals surface area contributed by atoms with Gasteiger partial charge in [-0.25, -0.2) is 4.79 Å². The summed E-state index contributed by atoms with van der Waals surface area (Å²) in [5.41, 5.74) is 1.06. The van der Waals surface area contributed by atoms with Gasteiger partial charge in [-0.05, 0) is 34.1 Å². The number of carbonyl (C=O) groups excluding carboxylic acids is 1. The Bertz CT molecular complexity index is 476. The van der Waals surface area contributed by atoms with Gasteiger partial charge in [0.25, 0.3) is 0 Å². The fourth-order valence-electron chi connectivity index (χ4n) is 1.74. The molecule has 90 valence electrons. The third-order valence-corrected chi connectivity index (χ3v) is 3.21. The van der Waals surface area contributed by atoms with E-state index in [9.17, 15) is 9.59 Å². The van der Waals surface area contributed by atoms with Crippen LogP contribution in [0.15, 0.2) is 22.7 Å². The second-order valence-electron chi connectivity index (χ2n) is 3.74. The largest absolute Gasteiger partial charge is 0.478 e. The Labute approximate surface area is 107 Å². The van der Waals surface area contributed by atoms with Crippen molar-refractivity contribution >= 4 is 33.5 Å². The highest BCUT2D eigenvalue weighted by atomic mass is 79.9. The third kappa shape index (κ3) is 2.58. The molecule has 0 saturated carbocycles. The molecule has 0 aromatic heterocycles. The fraction of sp³-hybridized carbons (Fsp3) is 0.273. The fourth-order valence-corrected chi connectivity index (χ4v) is 2.37. The monoisotopic (exact) mass is 298 g/mol. The normalized spacial score (nSPS) is 15.6. The van der Waals surface area contributed by atoms with Gasteiger partial charge in [0.2, 0.25) is 5.91 Å². The number of rotatable bonds is 2. The van der Waals surface area contributed by atoms with Crippen molar-refractivity contribution in [1.82, 2.24) is 5.32 Å². The van der Waals surface area contributed by atoms with Gasteiger partial charge in [-0.15, -0.1) is 0 Å². The van der Waals surface area contributed by atoms with Crippen LogP contribution < -0.4 is 10.2 Å². The van der Waals surface area contributed by atoms with Crippen LogP contribution in [-0.4, -0.2) is 36.6 Å². The molecule has 1 aliphatic rings. The van der Waals surface area contributed by atoms with Crippen molar-refractivity contribution in [3.63, 3.8) is 0 Å². The van der Waals surface area contributed by atoms with Gasteiger partial charge in [-0.3, -0.25) is 4.79 Å². The molecule has 0 radical (unpaired) electrons. The number of benzene rings is 1. The van der Waals surface area contributed by atoms with E-state index < -0.39 is 5.97 Å². The van der Waals surface area contributed by atoms with Crippen LogP contribution in [0.1, 0.15) is 10.4 Å². The van der Waals surface area contributed by atoms with E-state index in [-0.39, 0.29) is 11.5 Å². The number of hydrogen-bond acceptors (Lipinski definition) is 3. The molecular formula is C11H11BrN2O3. The molecule has 0 unspecified atom stereocenters. The highest BCUT2D eigenvalue weighted by molar-refractivity contribution is 9.10. The first-order chi connectivity index (χ1) is 8.08. The summed E-state index contributed by atoms with van der Waals surface area (Å²) in [7, 11) is 0. The van der Waals surface area contributed by atoms with E-state index in [2.05, 4.69) is 21.2 Å². The lowest BCUT2D eigenvalue weighted by Crippen LogP contribution is -2.47. The van der Waals surface area contributed by atoms with E-state index in [0.717, 1.165) is 12.2 Å². The number of halogens is 1. The highest BCUT2D eigenvalue weighted by Crippen LogP contribution is 2.27. The number of nitrogens with one attached hydrogen (secondary N) is 1. The zero-order valence-electron chi connectivity index (χ0n) is 8.94. The van der Waals surface area contributed by atoms with Crippen LogP contribution in [0.25, 0.3) is 0 Å². The third-order valence-electron chi connectivity index (χ3n) is 2.57. The molecule has 0 atom stereocenters. The number of amides is 1. The molecule has 1 aromatic rings. The minimum absolute atomic E-state index is 0.0227. The van der Waals surface area contributed by atoms with E-state index >= 15 is 0 Å². The molecule has 1 fully saturated rings. The molecular weight excluding hydrogens is 288 g/mol. The second kappa shape index (κ2) is 4.75. The molecule has 1 heterocycles. The predicted molar refractivity (Wildman–Crippen MR) is 66.3 cm³/mol. The average Bonchev–Trinajstić information content (AvgIpc) is 2.28. The zero-order chi connectivity index (χ0) is 12.4. The van der Waals surface area contributed by atoms with Gasteiger partial charge in [-0.2, -0.15) is 0 Å². The van der Waals surface area contributed by atoms with Crippen LogP contribution in [0.3, 0.4) is 0 Å². The van der Waals surface area contributed by atoms with Crippen molar-refractivity contribution in [2.24, 2.45) is 0 Å². The summed E-state index contributed by atoms with van der Waals surface area (Å²) in [6.45, 7) is 1.62. The van der Waals surface area contributed by atoms with Gasteiger partial charge >= 0.3 is 5.97 Å². The number of anilines is 1. The van der Waals surface area contributed by atoms with Crippen molar-refractivity contribution in [1.29, 1.82) is 0 Å². The van der Waals surface area contributed by atoms with Crippen molar-refractivity contribution in [3.05, 3.63) is 28.2 Å². The Balaban J connectivity index is 2.26. The molecule has 2 N–H and O–H groups in total. The Hall–Kier alpha value is -1.56. The van der Waals surface area contributed by atoms with Crippen LogP contribution in [0.5, 0.6) is 0 Å². The number of nitrogens with zero attached hydrogens (tertiary/aromatic N) is 1. The molecule has 1 saturated heterocycles. The minimum Gasteiger partial charge on any atom is -0.478 e. The Kier molecular flexibility index (Phi) is 3.33. The summed E-state index contributed by atoms with van der Waals surface area (Å²) in [6, 6.07) is 4.80. The summed E-state index contributed by atoms with van der Waals surface area (Å²) in [6.07, 6.45) is 0. The number of carboxylic acid groups (broad SMARTS) is 1. The Morgan fingerprint density at radius 2 is 2.24 bits per heavy atom. The quantitative estimate of drug-likeness (QED) is 0.857. The van der Waals surface area contributed by atoms with Gasteiger partial charge in [0.15, 0.2) is 0 Å². The average molecular weight is 299 g/mol. The molecule has 0 aliphatic carbocycles. The summed E-state index contributed by atoms with van der Waals surface area (Å²) in [4.78, 5) is 24.0. The van der Waals surface area contributed by atoms with Crippen LogP contribution in [0.2, 0.25) is 0 Å². The van der Waals surface area contributed by atoms with Gasteiger partial charge < -0.3 is 15.3 Å². The molecule has 6 heteroatoms. The summed E-state index contributed by atoms with van der Waals surface area (Å²) < 4.78 is 0.687. The molecule has 17 heavy (non-hydrogen) atoms. The number of carboxylic acids is 1. The van der Waals surface area contributed by atoms with E-state index in [0.29, 0.717) is 17.6 Å². The van der Waals surface area contributed by atoms with Crippen molar-refractivity contribution in [3.8, 4) is 0 Å². The lowest BCUT2D eigenvalue weighted by molar-refractivity contribution is -0.120. The molecule has 1 aromatic carbocycles. The summed E-state index contributed by atoms with van der Waals surface area (Å²) >= 11 is 3.33. The van der Waals surface area contributed by atoms with E-state index in [1.165, 1.54) is 6.07 Å². The molecule has 5 nitrogen and oxygen atoms in total. The maximum absolute atomic E-state index is 11.3. The van der Waals surface area contributed by atoms with Crippen LogP contribution >= 0.6 is 15.9 Å². The van der Waals surface area contributed by atoms with Crippen molar-refractivity contribution < 1.29 is 14.7 Å². The smallest absolute Gasteiger partial charge is 0.335 e. The van der Waals surface area contributed by atoms with Crippen LogP contribution in [0.4, 0.5) is 5.69 Å². The van der Waals surface area contributed by atoms with Gasteiger partial charge in [-0.1, -0.05) is 0 Å². The van der Waals surface area contributed by atoms with Gasteiger partial charge in [0.1, 0.15) is 0 Å². The molecule has 1 amide bonds. The van der Waals surface area contributed by atoms with Crippen molar-refractivity contribution in [2.75, 3.05) is 24.5 Å². The van der Waals surface area contributed by atoms with Gasteiger partial charge in [0, 0.05) is 17.6 Å². The van der Waals surface area contributed by atoms with Crippen LogP contribution in [0, 0.1) is 0 Å². The summed E-state index contributed by atoms with van der Waals surface area (Å²) in [5.74, 6) is -0.987. The lowest BCUT2D eigenvalue weighted by atomic mass is 10.2. The standard InChI is InChI=1S/C11H11BrN2O3/c12-8-5-7(11(16)17)1-2-9(8)14-4-3-13-10(15)6-14/h1-2,5H,3-4,6H2,(H,13,15)(H,16,17). The Morgan fingerprint density at radius 3 is 2.82 bits per heavy atom. The second-order valence-corrected chi connectivity index (χ2v) is 4.60. The topological polar surface area (TPSA) is 69.6 Å². The molecule has 1 aliphatic heterocycles. The van der Waals surface area contributed by atoms with Crippen molar-refractivity contribution in [2.45, 2.75) is 0 Å². The number of hydrogen-bond donors (Lipinski definition) is 2. The Morgan fingerprint density at radius 1 is 1.47 bits per heavy atom. The SMILES string of the molecule is O=C1CN(c2ccc(C(=O)O)cc2Br)CCN1. The zero-order valence-corrected chi connectivity index (χ0v) is 10.5. The lowest BCUT2D eigenvalue weighted by Gasteiger charge is -2.29. The first-order valence-electron chi connectivity index (χ1n) is 5.12. The number of carbonyl (C=O) groups is 2. The van der Waals surface area contributed by atoms with E-state index in [4.69, 9.17) is 5.11 Å². The predicted octanol–water partition coefficient (Wildman–Crippen LogP) is 1.08. The number of piperazine rings is 1. The summed E-state index contributed by atoms with van der Waals surface area (Å²) in [5, 5.41) is 11.6. The first-order valence-corrected chi connectivity index (χ1v) is 5.92. The molecule has 0 spiro atoms. The molecule has 2 rings (SSSR count). The molecule has 0 bridgehead atoms. The van der Waals surface area contributed by atoms with E-state index in [1.54, 1.807) is 12.1 Å². The maximum atomic E-state index is 11.3. The maximum Gasteiger partial charge on any atom is 0.335 e. The first kappa shape index (κ1) is 11.9. The van der Waals surface area contributed by atoms with E-state index in [1.807, 2.05) is 4.90 Å². The highest BCUT2D eigenvalue weighted by Gasteiger charge is 2.19. The number of aromatic carboxylic acids is 1.